The number of hydrogen-bond acceptors (Lipinski definition) is 8. The Morgan fingerprint density at radius 2 is 1.05 bits per heavy atom. The molecule has 0 aliphatic heterocycles. The van der Waals surface area contributed by atoms with Crippen LogP contribution in [0.15, 0.2) is 36.4 Å². The largest absolute Gasteiger partial charge is 0.466 e. The third-order valence-electron chi connectivity index (χ3n) is 4.67. The van der Waals surface area contributed by atoms with Crippen LogP contribution in [-0.2, 0) is 70.9 Å². The zero-order chi connectivity index (χ0) is 31.4. The normalized spacial score (nSPS) is 9.67. The van der Waals surface area contributed by atoms with E-state index < -0.39 is 53.1 Å². The predicted octanol–water partition coefficient (Wildman–Crippen LogP) is 5.61. The van der Waals surface area contributed by atoms with Gasteiger partial charge in [-0.3, -0.25) is 19.2 Å². The molecule has 42 heavy (non-hydrogen) atoms. The first-order valence-electron chi connectivity index (χ1n) is 12.5. The van der Waals surface area contributed by atoms with Crippen molar-refractivity contribution >= 4 is 39.8 Å². The summed E-state index contributed by atoms with van der Waals surface area (Å²) < 4.78 is 70.2. The van der Waals surface area contributed by atoms with E-state index in [1.807, 2.05) is 0 Å². The molecule has 0 fully saturated rings. The molecule has 0 N–H and O–H groups in total. The molecule has 2 rings (SSSR count). The second-order valence-corrected chi connectivity index (χ2v) is 8.17. The summed E-state index contributed by atoms with van der Waals surface area (Å²) in [7, 11) is 0. The average Bonchev–Trinajstić information content (AvgIpc) is 2.92. The Hall–Kier alpha value is -2.79. The molecule has 0 bridgehead atoms. The topological polar surface area (TPSA) is 105 Å². The van der Waals surface area contributed by atoms with E-state index in [2.05, 4.69) is 25.4 Å². The van der Waals surface area contributed by atoms with Crippen LogP contribution in [-0.4, -0.2) is 50.3 Å². The van der Waals surface area contributed by atoms with Crippen LogP contribution < -0.4 is 0 Å². The SMILES string of the molecule is CCOC(=O)C(Cc1cccc(F)c1F)C(=O)OCC.CCOC(=O)CC(=O)OCC.Fc1cccc(CBr)c1F.[W]. The number of carbonyl (C=O) groups excluding carboxylic acids is 4. The van der Waals surface area contributed by atoms with Gasteiger partial charge in [-0.2, -0.15) is 0 Å². The third-order valence-corrected chi connectivity index (χ3v) is 5.28. The molecule has 0 unspecified atom stereocenters. The van der Waals surface area contributed by atoms with E-state index >= 15 is 0 Å². The Balaban J connectivity index is 0. The van der Waals surface area contributed by atoms with Gasteiger partial charge < -0.3 is 18.9 Å². The zero-order valence-corrected chi connectivity index (χ0v) is 28.1. The second-order valence-electron chi connectivity index (χ2n) is 7.61. The molecule has 0 radical (unpaired) electrons. The van der Waals surface area contributed by atoms with Crippen molar-refractivity contribution in [1.29, 1.82) is 0 Å². The Morgan fingerprint density at radius 3 is 1.40 bits per heavy atom. The Morgan fingerprint density at radius 1 is 0.667 bits per heavy atom. The first-order chi connectivity index (χ1) is 19.5. The molecular formula is C28H33BrF4O8W. The van der Waals surface area contributed by atoms with Crippen molar-refractivity contribution in [2.45, 2.75) is 45.9 Å². The van der Waals surface area contributed by atoms with E-state index in [0.717, 1.165) is 12.1 Å². The average molecular weight is 837 g/mol. The number of esters is 4. The minimum absolute atomic E-state index is 0. The minimum Gasteiger partial charge on any atom is -0.466 e. The number of rotatable bonds is 11. The van der Waals surface area contributed by atoms with E-state index in [4.69, 9.17) is 9.47 Å². The summed E-state index contributed by atoms with van der Waals surface area (Å²) in [5.41, 5.74) is 0.274. The maximum absolute atomic E-state index is 13.6. The van der Waals surface area contributed by atoms with Gasteiger partial charge in [-0.15, -0.1) is 0 Å². The molecule has 14 heteroatoms. The summed E-state index contributed by atoms with van der Waals surface area (Å²) >= 11 is 3.04. The summed E-state index contributed by atoms with van der Waals surface area (Å²) in [6.45, 7) is 7.29. The number of halogens is 5. The Labute approximate surface area is 264 Å². The van der Waals surface area contributed by atoms with Crippen LogP contribution in [0.25, 0.3) is 0 Å². The van der Waals surface area contributed by atoms with E-state index in [-0.39, 0.29) is 65.9 Å². The monoisotopic (exact) mass is 836 g/mol. The zero-order valence-electron chi connectivity index (χ0n) is 23.6. The van der Waals surface area contributed by atoms with Crippen molar-refractivity contribution in [3.63, 3.8) is 0 Å². The Kier molecular flexibility index (Phi) is 23.4. The van der Waals surface area contributed by atoms with Gasteiger partial charge in [-0.05, 0) is 51.8 Å². The molecule has 0 spiro atoms. The Bertz CT molecular complexity index is 1100. The van der Waals surface area contributed by atoms with Crippen LogP contribution in [0.4, 0.5) is 17.6 Å². The molecule has 0 aliphatic rings. The van der Waals surface area contributed by atoms with Crippen LogP contribution in [0.5, 0.6) is 0 Å². The number of alkyl halides is 1. The van der Waals surface area contributed by atoms with Crippen molar-refractivity contribution in [3.05, 3.63) is 70.8 Å². The van der Waals surface area contributed by atoms with Crippen LogP contribution in [0.2, 0.25) is 0 Å². The molecule has 2 aromatic rings. The summed E-state index contributed by atoms with van der Waals surface area (Å²) in [5.74, 6) is -7.66. The van der Waals surface area contributed by atoms with E-state index in [1.54, 1.807) is 27.7 Å². The third kappa shape index (κ3) is 16.0. The fourth-order valence-corrected chi connectivity index (χ4v) is 3.30. The molecule has 8 nitrogen and oxygen atoms in total. The van der Waals surface area contributed by atoms with Gasteiger partial charge >= 0.3 is 23.9 Å². The molecule has 0 aromatic heterocycles. The first kappa shape index (κ1) is 41.3. The summed E-state index contributed by atoms with van der Waals surface area (Å²) in [5, 5.41) is 0.344. The number of carbonyl (C=O) groups is 4. The first-order valence-corrected chi connectivity index (χ1v) is 13.6. The van der Waals surface area contributed by atoms with E-state index in [1.165, 1.54) is 24.3 Å². The van der Waals surface area contributed by atoms with Gasteiger partial charge in [-0.25, -0.2) is 17.6 Å². The maximum Gasteiger partial charge on any atom is 0.320 e. The van der Waals surface area contributed by atoms with Crippen LogP contribution in [0, 0.1) is 29.2 Å². The fraction of sp³-hybridized carbons (Fsp3) is 0.429. The van der Waals surface area contributed by atoms with Gasteiger partial charge in [-0.1, -0.05) is 40.2 Å². The minimum atomic E-state index is -1.30. The van der Waals surface area contributed by atoms with Crippen molar-refractivity contribution in [2.75, 3.05) is 26.4 Å². The molecule has 0 amide bonds. The summed E-state index contributed by atoms with van der Waals surface area (Å²) in [6, 6.07) is 7.69. The molecule has 2 aromatic carbocycles. The van der Waals surface area contributed by atoms with Gasteiger partial charge in [0.05, 0.1) is 26.4 Å². The van der Waals surface area contributed by atoms with Crippen molar-refractivity contribution in [3.8, 4) is 0 Å². The standard InChI is InChI=1S/C14H16F2O4.C7H5BrF2.C7H12O4.W/c1-3-19-13(17)10(14(18)20-4-2)8-9-6-5-7-11(15)12(9)16;8-4-5-2-1-3-6(9)7(5)10;1-3-10-6(8)5-7(9)11-4-2;/h5-7,10H,3-4,8H2,1-2H3;1-3H,4H2;3-5H2,1-2H3;. The van der Waals surface area contributed by atoms with Gasteiger partial charge in [0.25, 0.3) is 0 Å². The van der Waals surface area contributed by atoms with E-state index in [9.17, 15) is 36.7 Å². The van der Waals surface area contributed by atoms with Gasteiger partial charge in [0.15, 0.2) is 29.2 Å². The maximum atomic E-state index is 13.6. The van der Waals surface area contributed by atoms with Crippen molar-refractivity contribution in [2.24, 2.45) is 5.92 Å². The van der Waals surface area contributed by atoms with Crippen molar-refractivity contribution in [1.82, 2.24) is 0 Å². The van der Waals surface area contributed by atoms with Crippen molar-refractivity contribution < 1.29 is 76.8 Å². The molecule has 0 atom stereocenters. The summed E-state index contributed by atoms with van der Waals surface area (Å²) in [6.07, 6.45) is -0.594. The van der Waals surface area contributed by atoms with Crippen LogP contribution in [0.1, 0.15) is 45.2 Å². The van der Waals surface area contributed by atoms with Crippen LogP contribution >= 0.6 is 15.9 Å². The smallest absolute Gasteiger partial charge is 0.320 e. The van der Waals surface area contributed by atoms with Crippen LogP contribution in [0.3, 0.4) is 0 Å². The van der Waals surface area contributed by atoms with Gasteiger partial charge in [0.1, 0.15) is 6.42 Å². The second kappa shape index (κ2) is 23.7. The van der Waals surface area contributed by atoms with Gasteiger partial charge in [0, 0.05) is 32.0 Å². The predicted molar refractivity (Wildman–Crippen MR) is 144 cm³/mol. The number of ether oxygens (including phenoxy) is 4. The summed E-state index contributed by atoms with van der Waals surface area (Å²) in [4.78, 5) is 44.7. The molecule has 0 aliphatic carbocycles. The molecule has 0 saturated heterocycles. The quantitative estimate of drug-likeness (QED) is 0.0947. The fourth-order valence-electron chi connectivity index (χ4n) is 2.87. The number of benzene rings is 2. The molecule has 234 valence electrons. The number of hydrogen-bond donors (Lipinski definition) is 0. The molecular weight excluding hydrogens is 804 g/mol. The van der Waals surface area contributed by atoms with E-state index in [0.29, 0.717) is 10.9 Å². The van der Waals surface area contributed by atoms with Gasteiger partial charge in [0.2, 0.25) is 0 Å². The molecule has 0 heterocycles. The molecule has 0 saturated carbocycles.